The van der Waals surface area contributed by atoms with Crippen molar-refractivity contribution in [1.82, 2.24) is 10.2 Å². The van der Waals surface area contributed by atoms with Gasteiger partial charge < -0.3 is 15.0 Å². The van der Waals surface area contributed by atoms with E-state index in [2.05, 4.69) is 11.4 Å². The summed E-state index contributed by atoms with van der Waals surface area (Å²) in [6, 6.07) is 9.84. The molecule has 0 radical (unpaired) electrons. The van der Waals surface area contributed by atoms with Crippen LogP contribution in [0.1, 0.15) is 30.4 Å². The lowest BCUT2D eigenvalue weighted by molar-refractivity contribution is -0.137. The van der Waals surface area contributed by atoms with Crippen molar-refractivity contribution in [1.29, 1.82) is 0 Å². The summed E-state index contributed by atoms with van der Waals surface area (Å²) >= 11 is 2.99. The monoisotopic (exact) mass is 418 g/mol. The van der Waals surface area contributed by atoms with Gasteiger partial charge >= 0.3 is 5.97 Å². The maximum absolute atomic E-state index is 12.3. The van der Waals surface area contributed by atoms with Crippen LogP contribution >= 0.6 is 22.7 Å². The molecule has 6 nitrogen and oxygen atoms in total. The first kappa shape index (κ1) is 20.3. The molecule has 0 saturated heterocycles. The lowest BCUT2D eigenvalue weighted by atomic mass is 10.1. The molecule has 28 heavy (non-hydrogen) atoms. The quantitative estimate of drug-likeness (QED) is 0.642. The van der Waals surface area contributed by atoms with Crippen molar-refractivity contribution in [2.45, 2.75) is 26.3 Å². The Hall–Kier alpha value is -2.45. The smallest absolute Gasteiger partial charge is 0.348 e. The molecule has 0 spiro atoms. The lowest BCUT2D eigenvalue weighted by Gasteiger charge is -2.23. The molecule has 0 atom stereocenters. The highest BCUT2D eigenvalue weighted by Crippen LogP contribution is 2.39. The number of thiophene rings is 2. The molecule has 1 N–H and O–H groups in total. The maximum Gasteiger partial charge on any atom is 0.348 e. The van der Waals surface area contributed by atoms with E-state index in [1.165, 1.54) is 28.0 Å². The molecule has 2 heterocycles. The number of hydrogen-bond donors (Lipinski definition) is 1. The fourth-order valence-electron chi connectivity index (χ4n) is 2.67. The molecule has 0 unspecified atom stereocenters. The van der Waals surface area contributed by atoms with Crippen LogP contribution in [0.2, 0.25) is 0 Å². The normalized spacial score (nSPS) is 11.6. The van der Waals surface area contributed by atoms with Crippen molar-refractivity contribution in [2.75, 3.05) is 20.2 Å². The maximum atomic E-state index is 12.3. The molecule has 0 bridgehead atoms. The minimum atomic E-state index is -0.529. The fourth-order valence-corrected chi connectivity index (χ4v) is 5.09. The highest BCUT2D eigenvalue weighted by Gasteiger charge is 2.20. The number of nitrogens with zero attached hydrogens (tertiary/aromatic N) is 1. The highest BCUT2D eigenvalue weighted by molar-refractivity contribution is 7.33. The molecule has 0 aliphatic rings. The van der Waals surface area contributed by atoms with E-state index < -0.39 is 18.5 Å². The fraction of sp³-hybridized carbons (Fsp3) is 0.350. The molecule has 3 rings (SSSR count). The summed E-state index contributed by atoms with van der Waals surface area (Å²) in [6.45, 7) is 5.11. The summed E-state index contributed by atoms with van der Waals surface area (Å²) in [7, 11) is 1.51. The van der Waals surface area contributed by atoms with Gasteiger partial charge in [-0.25, -0.2) is 4.79 Å². The third kappa shape index (κ3) is 4.69. The number of hydrogen-bond acceptors (Lipinski definition) is 6. The number of ether oxygens (including phenoxy) is 1. The Bertz CT molecular complexity index is 1050. The Labute approximate surface area is 171 Å². The van der Waals surface area contributed by atoms with E-state index in [0.717, 1.165) is 14.8 Å². The van der Waals surface area contributed by atoms with Crippen LogP contribution in [-0.2, 0) is 14.3 Å². The van der Waals surface area contributed by atoms with Gasteiger partial charge in [-0.05, 0) is 32.9 Å². The molecule has 0 aliphatic heterocycles. The first-order valence-corrected chi connectivity index (χ1v) is 10.4. The predicted molar refractivity (Wildman–Crippen MR) is 113 cm³/mol. The average Bonchev–Trinajstić information content (AvgIpc) is 3.15. The van der Waals surface area contributed by atoms with Crippen LogP contribution in [0.4, 0.5) is 0 Å². The molecule has 148 valence electrons. The summed E-state index contributed by atoms with van der Waals surface area (Å²) < 4.78 is 8.41. The second kappa shape index (κ2) is 7.89. The van der Waals surface area contributed by atoms with Crippen molar-refractivity contribution in [3.8, 4) is 0 Å². The average molecular weight is 419 g/mol. The van der Waals surface area contributed by atoms with E-state index in [1.54, 1.807) is 17.4 Å². The number of likely N-dealkylation sites (N-methyl/N-ethyl adjacent to an activating group) is 1. The van der Waals surface area contributed by atoms with Gasteiger partial charge in [0.2, 0.25) is 5.91 Å². The number of amides is 2. The largest absolute Gasteiger partial charge is 0.451 e. The summed E-state index contributed by atoms with van der Waals surface area (Å²) in [4.78, 5) is 38.1. The zero-order valence-electron chi connectivity index (χ0n) is 16.2. The molecule has 1 aromatic carbocycles. The molecule has 0 saturated carbocycles. The van der Waals surface area contributed by atoms with Gasteiger partial charge in [0, 0.05) is 27.4 Å². The highest BCUT2D eigenvalue weighted by atomic mass is 32.1. The predicted octanol–water partition coefficient (Wildman–Crippen LogP) is 3.65. The Morgan fingerprint density at radius 1 is 1.11 bits per heavy atom. The number of esters is 1. The van der Waals surface area contributed by atoms with Gasteiger partial charge in [-0.2, -0.15) is 0 Å². The van der Waals surface area contributed by atoms with E-state index in [1.807, 2.05) is 39.0 Å². The van der Waals surface area contributed by atoms with Crippen LogP contribution in [-0.4, -0.2) is 48.4 Å². The number of fused-ring (bicyclic) bond motifs is 3. The zero-order chi connectivity index (χ0) is 20.5. The third-order valence-corrected chi connectivity index (χ3v) is 6.29. The topological polar surface area (TPSA) is 75.7 Å². The molecular formula is C20H22N2O4S2. The van der Waals surface area contributed by atoms with Gasteiger partial charge in [-0.1, -0.05) is 18.2 Å². The number of carbonyl (C=O) groups excluding carboxylic acids is 3. The van der Waals surface area contributed by atoms with E-state index in [4.69, 9.17) is 4.74 Å². The molecule has 2 amide bonds. The second-order valence-electron chi connectivity index (χ2n) is 7.53. The van der Waals surface area contributed by atoms with Gasteiger partial charge in [0.15, 0.2) is 6.61 Å². The van der Waals surface area contributed by atoms with Crippen molar-refractivity contribution in [3.05, 3.63) is 35.2 Å². The molecule has 0 fully saturated rings. The van der Waals surface area contributed by atoms with Gasteiger partial charge in [0.25, 0.3) is 5.91 Å². The minimum Gasteiger partial charge on any atom is -0.451 e. The lowest BCUT2D eigenvalue weighted by Crippen LogP contribution is -2.46. The van der Waals surface area contributed by atoms with Crippen molar-refractivity contribution < 1.29 is 19.1 Å². The van der Waals surface area contributed by atoms with Gasteiger partial charge in [0.05, 0.1) is 11.2 Å². The van der Waals surface area contributed by atoms with Crippen LogP contribution < -0.4 is 5.32 Å². The standard InChI is InChI=1S/C20H22N2O4S2/c1-20(2,3)21-16(23)10-22(4)17(24)11-26-19(25)15-9-14-18(28-15)12-7-5-6-8-13(12)27-14/h5-9H,10-11H2,1-4H3,(H,21,23). The van der Waals surface area contributed by atoms with Gasteiger partial charge in [-0.3, -0.25) is 9.59 Å². The van der Waals surface area contributed by atoms with E-state index in [0.29, 0.717) is 4.88 Å². The summed E-state index contributed by atoms with van der Waals surface area (Å²) in [5.74, 6) is -1.22. The van der Waals surface area contributed by atoms with Crippen molar-refractivity contribution >= 4 is 59.9 Å². The molecular weight excluding hydrogens is 396 g/mol. The van der Waals surface area contributed by atoms with Crippen LogP contribution in [0.15, 0.2) is 30.3 Å². The van der Waals surface area contributed by atoms with Gasteiger partial charge in [0.1, 0.15) is 4.88 Å². The number of rotatable bonds is 5. The molecule has 3 aromatic rings. The van der Waals surface area contributed by atoms with Crippen LogP contribution in [0, 0.1) is 0 Å². The molecule has 2 aromatic heterocycles. The Kier molecular flexibility index (Phi) is 5.71. The Balaban J connectivity index is 1.58. The van der Waals surface area contributed by atoms with Crippen molar-refractivity contribution in [3.63, 3.8) is 0 Å². The van der Waals surface area contributed by atoms with Crippen LogP contribution in [0.25, 0.3) is 19.5 Å². The van der Waals surface area contributed by atoms with Crippen molar-refractivity contribution in [2.24, 2.45) is 0 Å². The summed E-state index contributed by atoms with van der Waals surface area (Å²) in [5, 5.41) is 3.90. The van der Waals surface area contributed by atoms with Crippen LogP contribution in [0.5, 0.6) is 0 Å². The van der Waals surface area contributed by atoms with E-state index in [9.17, 15) is 14.4 Å². The number of benzene rings is 1. The first-order valence-electron chi connectivity index (χ1n) is 8.77. The van der Waals surface area contributed by atoms with E-state index in [-0.39, 0.29) is 18.0 Å². The SMILES string of the molecule is CN(CC(=O)NC(C)(C)C)C(=O)COC(=O)c1cc2sc3ccccc3c2s1. The number of nitrogens with one attached hydrogen (secondary N) is 1. The third-order valence-electron chi connectivity index (χ3n) is 3.90. The Morgan fingerprint density at radius 3 is 2.54 bits per heavy atom. The second-order valence-corrected chi connectivity index (χ2v) is 9.66. The molecule has 8 heteroatoms. The Morgan fingerprint density at radius 2 is 1.82 bits per heavy atom. The molecule has 0 aliphatic carbocycles. The van der Waals surface area contributed by atoms with Crippen LogP contribution in [0.3, 0.4) is 0 Å². The summed E-state index contributed by atoms with van der Waals surface area (Å²) in [5.41, 5.74) is -0.371. The first-order chi connectivity index (χ1) is 13.1. The minimum absolute atomic E-state index is 0.0889. The summed E-state index contributed by atoms with van der Waals surface area (Å²) in [6.07, 6.45) is 0. The zero-order valence-corrected chi connectivity index (χ0v) is 17.8. The number of carbonyl (C=O) groups is 3. The van der Waals surface area contributed by atoms with E-state index >= 15 is 0 Å². The van der Waals surface area contributed by atoms with Gasteiger partial charge in [-0.15, -0.1) is 22.7 Å².